The zero-order valence-electron chi connectivity index (χ0n) is 19.5. The lowest BCUT2D eigenvalue weighted by atomic mass is 10.1. The van der Waals surface area contributed by atoms with E-state index in [1.807, 2.05) is 48.3 Å². The molecule has 5 aromatic rings. The third kappa shape index (κ3) is 4.98. The third-order valence-corrected chi connectivity index (χ3v) is 5.72. The predicted molar refractivity (Wildman–Crippen MR) is 129 cm³/mol. The van der Waals surface area contributed by atoms with Gasteiger partial charge in [0.15, 0.2) is 5.82 Å². The number of aliphatic carboxylic acids is 1. The Balaban J connectivity index is 0.000000405. The summed E-state index contributed by atoms with van der Waals surface area (Å²) >= 11 is 0. The number of carbonyl (C=O) groups is 1. The number of nitrogens with zero attached hydrogens (tertiary/aromatic N) is 4. The van der Waals surface area contributed by atoms with Crippen LogP contribution in [0.2, 0.25) is 0 Å². The highest BCUT2D eigenvalue weighted by atomic mass is 19.4. The van der Waals surface area contributed by atoms with E-state index in [2.05, 4.69) is 14.8 Å². The zero-order chi connectivity index (χ0) is 26.9. The molecule has 4 N–H and O–H groups in total. The quantitative estimate of drug-likeness (QED) is 0.306. The van der Waals surface area contributed by atoms with E-state index in [4.69, 9.17) is 15.6 Å². The minimum Gasteiger partial charge on any atom is -0.475 e. The molecule has 0 spiro atoms. The molecule has 194 valence electrons. The van der Waals surface area contributed by atoms with Crippen LogP contribution in [0.3, 0.4) is 0 Å². The molecule has 0 bridgehead atoms. The summed E-state index contributed by atoms with van der Waals surface area (Å²) in [6, 6.07) is 12.5. The normalized spacial score (nSPS) is 11.6. The van der Waals surface area contributed by atoms with Crippen molar-refractivity contribution in [2.75, 3.05) is 6.54 Å². The van der Waals surface area contributed by atoms with E-state index in [0.717, 1.165) is 35.1 Å². The maximum absolute atomic E-state index is 14.0. The molecule has 0 radical (unpaired) electrons. The van der Waals surface area contributed by atoms with Gasteiger partial charge < -0.3 is 20.0 Å². The van der Waals surface area contributed by atoms with Crippen molar-refractivity contribution in [1.82, 2.24) is 23.9 Å². The number of aromatic nitrogens is 5. The van der Waals surface area contributed by atoms with Crippen LogP contribution in [0.15, 0.2) is 59.7 Å². The van der Waals surface area contributed by atoms with Gasteiger partial charge in [0.25, 0.3) is 0 Å². The predicted octanol–water partition coefficient (Wildman–Crippen LogP) is 3.80. The molecule has 9 nitrogen and oxygen atoms in total. The van der Waals surface area contributed by atoms with Gasteiger partial charge in [0, 0.05) is 47.8 Å². The summed E-state index contributed by atoms with van der Waals surface area (Å²) in [7, 11) is 1.89. The van der Waals surface area contributed by atoms with Crippen molar-refractivity contribution in [3.8, 4) is 17.1 Å². The zero-order valence-corrected chi connectivity index (χ0v) is 19.5. The fourth-order valence-corrected chi connectivity index (χ4v) is 4.10. The lowest BCUT2D eigenvalue weighted by Crippen LogP contribution is -2.21. The highest BCUT2D eigenvalue weighted by molar-refractivity contribution is 5.96. The van der Waals surface area contributed by atoms with Crippen molar-refractivity contribution < 1.29 is 27.5 Å². The number of nitrogens with two attached hydrogens (primary N) is 1. The first-order chi connectivity index (χ1) is 17.5. The van der Waals surface area contributed by atoms with Gasteiger partial charge >= 0.3 is 17.8 Å². The highest BCUT2D eigenvalue weighted by Crippen LogP contribution is 2.32. The number of nitrogens with one attached hydrogen (secondary N) is 1. The van der Waals surface area contributed by atoms with Crippen molar-refractivity contribution in [3.63, 3.8) is 0 Å². The van der Waals surface area contributed by atoms with Gasteiger partial charge in [-0.25, -0.2) is 23.6 Å². The molecule has 13 heteroatoms. The highest BCUT2D eigenvalue weighted by Gasteiger charge is 2.38. The summed E-state index contributed by atoms with van der Waals surface area (Å²) in [4.78, 5) is 21.7. The van der Waals surface area contributed by atoms with E-state index in [1.54, 1.807) is 10.6 Å². The van der Waals surface area contributed by atoms with Gasteiger partial charge in [-0.1, -0.05) is 18.2 Å². The van der Waals surface area contributed by atoms with Crippen LogP contribution in [0.5, 0.6) is 0 Å². The summed E-state index contributed by atoms with van der Waals surface area (Å²) in [6.45, 7) is 1.33. The SMILES string of the molecule is Cn1cc(-c2n[nH]c(=O)n2-c2cn(CCCN)c3ccccc23)c2cc(F)ccc21.O=C(O)C(F)(F)F. The largest absolute Gasteiger partial charge is 0.490 e. The van der Waals surface area contributed by atoms with E-state index < -0.39 is 12.1 Å². The number of carboxylic acids is 1. The van der Waals surface area contributed by atoms with Crippen molar-refractivity contribution >= 4 is 27.8 Å². The van der Waals surface area contributed by atoms with Crippen LogP contribution in [0.25, 0.3) is 38.9 Å². The first kappa shape index (κ1) is 25.7. The summed E-state index contributed by atoms with van der Waals surface area (Å²) in [5, 5.41) is 15.6. The number of rotatable bonds is 5. The number of aromatic amines is 1. The maximum Gasteiger partial charge on any atom is 0.490 e. The summed E-state index contributed by atoms with van der Waals surface area (Å²) in [5.74, 6) is -2.65. The van der Waals surface area contributed by atoms with Crippen LogP contribution < -0.4 is 11.4 Å². The monoisotopic (exact) mass is 518 g/mol. The number of alkyl halides is 3. The van der Waals surface area contributed by atoms with Gasteiger partial charge in [0.1, 0.15) is 5.82 Å². The Morgan fingerprint density at radius 1 is 1.11 bits per heavy atom. The molecule has 0 saturated heterocycles. The smallest absolute Gasteiger partial charge is 0.475 e. The van der Waals surface area contributed by atoms with Crippen molar-refractivity contribution in [2.45, 2.75) is 19.1 Å². The van der Waals surface area contributed by atoms with Gasteiger partial charge in [-0.05, 0) is 37.2 Å². The van der Waals surface area contributed by atoms with Crippen LogP contribution in [0, 0.1) is 5.82 Å². The van der Waals surface area contributed by atoms with E-state index in [1.165, 1.54) is 12.1 Å². The third-order valence-electron chi connectivity index (χ3n) is 5.72. The standard InChI is InChI=1S/C22H21FN6O.C2HF3O2/c1-27-12-17(16-11-14(23)7-8-18(16)27)21-25-26-22(30)29(21)20-13-28(10-4-9-24)19-6-3-2-5-15(19)20;3-2(4,5)1(6)7/h2-3,5-8,11-13H,4,9-10,24H2,1H3,(H,26,30);(H,6,7). The molecule has 37 heavy (non-hydrogen) atoms. The molecule has 0 aliphatic carbocycles. The van der Waals surface area contributed by atoms with E-state index in [-0.39, 0.29) is 11.5 Å². The minimum atomic E-state index is -5.08. The number of halogens is 4. The molecule has 0 amide bonds. The van der Waals surface area contributed by atoms with E-state index >= 15 is 0 Å². The number of hydrogen-bond acceptors (Lipinski definition) is 4. The summed E-state index contributed by atoms with van der Waals surface area (Å²) in [6.07, 6.45) is -0.440. The Kier molecular flexibility index (Phi) is 6.90. The Morgan fingerprint density at radius 3 is 2.49 bits per heavy atom. The van der Waals surface area contributed by atoms with Crippen LogP contribution in [0.4, 0.5) is 17.6 Å². The topological polar surface area (TPSA) is 124 Å². The van der Waals surface area contributed by atoms with Crippen molar-refractivity contribution in [2.24, 2.45) is 12.8 Å². The van der Waals surface area contributed by atoms with E-state index in [9.17, 15) is 22.4 Å². The average molecular weight is 518 g/mol. The van der Waals surface area contributed by atoms with Crippen molar-refractivity contribution in [3.05, 3.63) is 71.2 Å². The number of H-pyrrole nitrogens is 1. The Bertz CT molecular complexity index is 1640. The minimum absolute atomic E-state index is 0.335. The number of hydrogen-bond donors (Lipinski definition) is 3. The Hall–Kier alpha value is -4.39. The first-order valence-electron chi connectivity index (χ1n) is 11.0. The van der Waals surface area contributed by atoms with Crippen LogP contribution in [0.1, 0.15) is 6.42 Å². The fraction of sp³-hybridized carbons (Fsp3) is 0.208. The number of aryl methyl sites for hydroxylation is 2. The second kappa shape index (κ2) is 9.93. The summed E-state index contributed by atoms with van der Waals surface area (Å²) < 4.78 is 51.3. The van der Waals surface area contributed by atoms with Gasteiger partial charge in [-0.2, -0.15) is 18.3 Å². The van der Waals surface area contributed by atoms with Gasteiger partial charge in [-0.15, -0.1) is 0 Å². The second-order valence-corrected chi connectivity index (χ2v) is 8.17. The number of carboxylic acid groups (broad SMARTS) is 1. The molecule has 3 heterocycles. The number of para-hydroxylation sites is 1. The van der Waals surface area contributed by atoms with E-state index in [0.29, 0.717) is 23.3 Å². The lowest BCUT2D eigenvalue weighted by Gasteiger charge is -2.04. The van der Waals surface area contributed by atoms with Gasteiger partial charge in [-0.3, -0.25) is 0 Å². The maximum atomic E-state index is 14.0. The molecule has 3 aromatic heterocycles. The molecule has 2 aromatic carbocycles. The second-order valence-electron chi connectivity index (χ2n) is 8.17. The molecular formula is C24H22F4N6O3. The molecule has 0 atom stereocenters. The number of fused-ring (bicyclic) bond motifs is 2. The number of benzene rings is 2. The molecule has 5 rings (SSSR count). The van der Waals surface area contributed by atoms with Gasteiger partial charge in [0.05, 0.1) is 11.2 Å². The molecule has 0 fully saturated rings. The van der Waals surface area contributed by atoms with Crippen LogP contribution in [-0.2, 0) is 18.4 Å². The lowest BCUT2D eigenvalue weighted by molar-refractivity contribution is -0.192. The van der Waals surface area contributed by atoms with Crippen molar-refractivity contribution in [1.29, 1.82) is 0 Å². The fourth-order valence-electron chi connectivity index (χ4n) is 4.10. The molecule has 0 aliphatic rings. The average Bonchev–Trinajstić information content (AvgIpc) is 3.50. The Morgan fingerprint density at radius 2 is 1.81 bits per heavy atom. The Labute approximate surface area is 206 Å². The van der Waals surface area contributed by atoms with Gasteiger partial charge in [0.2, 0.25) is 0 Å². The molecule has 0 unspecified atom stereocenters. The first-order valence-corrected chi connectivity index (χ1v) is 11.0. The van der Waals surface area contributed by atoms with Crippen LogP contribution in [-0.4, -0.2) is 47.7 Å². The molecule has 0 aliphatic heterocycles. The molecule has 0 saturated carbocycles. The molecular weight excluding hydrogens is 496 g/mol. The summed E-state index contributed by atoms with van der Waals surface area (Å²) in [5.41, 5.74) is 8.64. The van der Waals surface area contributed by atoms with Crippen LogP contribution >= 0.6 is 0 Å².